The van der Waals surface area contributed by atoms with Gasteiger partial charge in [0.1, 0.15) is 5.75 Å². The number of halogens is 5. The normalized spacial score (nSPS) is 11.4. The van der Waals surface area contributed by atoms with E-state index in [1.807, 2.05) is 0 Å². The van der Waals surface area contributed by atoms with Crippen molar-refractivity contribution in [2.24, 2.45) is 0 Å². The van der Waals surface area contributed by atoms with Gasteiger partial charge >= 0.3 is 13.0 Å². The summed E-state index contributed by atoms with van der Waals surface area (Å²) in [6.07, 6.45) is -4.76. The first-order chi connectivity index (χ1) is 14.2. The van der Waals surface area contributed by atoms with E-state index in [0.717, 1.165) is 12.1 Å². The van der Waals surface area contributed by atoms with E-state index < -0.39 is 13.0 Å². The third kappa shape index (κ3) is 5.72. The number of anilines is 1. The minimum absolute atomic E-state index is 0.0680. The highest BCUT2D eigenvalue weighted by molar-refractivity contribution is 5.60. The van der Waals surface area contributed by atoms with Gasteiger partial charge in [-0.2, -0.15) is 13.8 Å². The van der Waals surface area contributed by atoms with Crippen molar-refractivity contribution in [2.75, 3.05) is 12.4 Å². The summed E-state index contributed by atoms with van der Waals surface area (Å²) in [6.45, 7) is -2.90. The second-order valence-electron chi connectivity index (χ2n) is 5.68. The lowest BCUT2D eigenvalue weighted by molar-refractivity contribution is -0.274. The zero-order valence-electron chi connectivity index (χ0n) is 15.2. The Morgan fingerprint density at radius 2 is 1.80 bits per heavy atom. The minimum atomic E-state index is -4.76. The number of alkyl halides is 5. The third-order valence-corrected chi connectivity index (χ3v) is 3.64. The molecule has 0 unspecified atom stereocenters. The van der Waals surface area contributed by atoms with Crippen molar-refractivity contribution in [1.82, 2.24) is 10.1 Å². The Hall–Kier alpha value is -3.57. The van der Waals surface area contributed by atoms with Crippen molar-refractivity contribution < 1.29 is 40.7 Å². The molecule has 1 aromatic heterocycles. The number of rotatable bonds is 8. The van der Waals surface area contributed by atoms with E-state index in [4.69, 9.17) is 9.26 Å². The molecule has 0 atom stereocenters. The van der Waals surface area contributed by atoms with Crippen LogP contribution in [0.4, 0.5) is 27.6 Å². The van der Waals surface area contributed by atoms with Crippen LogP contribution in [0.5, 0.6) is 17.2 Å². The number of nitrogens with zero attached hydrogens (tertiary/aromatic N) is 2. The van der Waals surface area contributed by atoms with Crippen LogP contribution in [0.2, 0.25) is 0 Å². The van der Waals surface area contributed by atoms with Gasteiger partial charge in [-0.3, -0.25) is 0 Å². The quantitative estimate of drug-likeness (QED) is 0.511. The molecule has 0 bridgehead atoms. The van der Waals surface area contributed by atoms with Crippen LogP contribution in [0.25, 0.3) is 11.4 Å². The van der Waals surface area contributed by atoms with Gasteiger partial charge in [-0.15, -0.1) is 13.2 Å². The Morgan fingerprint density at radius 3 is 2.43 bits per heavy atom. The van der Waals surface area contributed by atoms with Crippen LogP contribution in [-0.4, -0.2) is 30.2 Å². The van der Waals surface area contributed by atoms with Gasteiger partial charge < -0.3 is 24.1 Å². The summed E-state index contributed by atoms with van der Waals surface area (Å²) in [6, 6.07) is 9.27. The average molecular weight is 431 g/mol. The number of hydrogen-bond acceptors (Lipinski definition) is 7. The van der Waals surface area contributed by atoms with E-state index in [2.05, 4.69) is 24.9 Å². The Labute approximate surface area is 166 Å². The maximum atomic E-state index is 12.4. The van der Waals surface area contributed by atoms with E-state index >= 15 is 0 Å². The molecule has 0 fully saturated rings. The first-order valence-electron chi connectivity index (χ1n) is 8.29. The largest absolute Gasteiger partial charge is 0.573 e. The summed E-state index contributed by atoms with van der Waals surface area (Å²) in [4.78, 5) is 4.17. The molecule has 1 N–H and O–H groups in total. The number of methoxy groups -OCH3 is 1. The van der Waals surface area contributed by atoms with E-state index in [-0.39, 0.29) is 35.5 Å². The number of nitrogens with one attached hydrogen (secondary N) is 1. The highest BCUT2D eigenvalue weighted by atomic mass is 19.4. The molecule has 7 nitrogen and oxygen atoms in total. The maximum absolute atomic E-state index is 12.4. The fourth-order valence-electron chi connectivity index (χ4n) is 2.40. The minimum Gasteiger partial charge on any atom is -0.493 e. The lowest BCUT2D eigenvalue weighted by Crippen LogP contribution is -2.17. The van der Waals surface area contributed by atoms with Crippen LogP contribution in [0.15, 0.2) is 47.0 Å². The van der Waals surface area contributed by atoms with E-state index in [1.165, 1.54) is 37.4 Å². The molecule has 0 spiro atoms. The standard InChI is InChI=1S/C18H14F5N3O4/c1-27-14-8-10(2-7-13(14)28-17(19)20)16-25-15(30-26-16)9-24-11-3-5-12(6-4-11)29-18(21,22)23/h2-8,17,24H,9H2,1H3. The number of aromatic nitrogens is 2. The summed E-state index contributed by atoms with van der Waals surface area (Å²) in [5, 5.41) is 6.71. The molecule has 2 aromatic carbocycles. The molecule has 0 saturated heterocycles. The van der Waals surface area contributed by atoms with Crippen molar-refractivity contribution in [1.29, 1.82) is 0 Å². The van der Waals surface area contributed by atoms with E-state index in [0.29, 0.717) is 11.3 Å². The third-order valence-electron chi connectivity index (χ3n) is 3.64. The van der Waals surface area contributed by atoms with Crippen LogP contribution in [-0.2, 0) is 6.54 Å². The Morgan fingerprint density at radius 1 is 1.07 bits per heavy atom. The molecule has 12 heteroatoms. The van der Waals surface area contributed by atoms with Gasteiger partial charge in [0.15, 0.2) is 11.5 Å². The van der Waals surface area contributed by atoms with Crippen LogP contribution >= 0.6 is 0 Å². The Bertz CT molecular complexity index is 977. The molecule has 0 aliphatic carbocycles. The van der Waals surface area contributed by atoms with Crippen molar-refractivity contribution >= 4 is 5.69 Å². The monoisotopic (exact) mass is 431 g/mol. The Kier molecular flexibility index (Phi) is 6.23. The molecule has 0 saturated carbocycles. The second-order valence-corrected chi connectivity index (χ2v) is 5.68. The number of ether oxygens (including phenoxy) is 3. The molecule has 0 aliphatic heterocycles. The lowest BCUT2D eigenvalue weighted by Gasteiger charge is -2.10. The molecular weight excluding hydrogens is 417 g/mol. The average Bonchev–Trinajstić information content (AvgIpc) is 3.15. The van der Waals surface area contributed by atoms with Gasteiger partial charge in [0.2, 0.25) is 11.7 Å². The number of benzene rings is 2. The first-order valence-corrected chi connectivity index (χ1v) is 8.29. The first kappa shape index (κ1) is 21.1. The summed E-state index contributed by atoms with van der Waals surface area (Å²) >= 11 is 0. The van der Waals surface area contributed by atoms with Crippen LogP contribution < -0.4 is 19.5 Å². The zero-order chi connectivity index (χ0) is 21.7. The van der Waals surface area contributed by atoms with Gasteiger partial charge in [-0.25, -0.2) is 0 Å². The molecule has 1 heterocycles. The summed E-state index contributed by atoms with van der Waals surface area (Å²) in [5.74, 6) is -0.0468. The van der Waals surface area contributed by atoms with E-state index in [1.54, 1.807) is 0 Å². The van der Waals surface area contributed by atoms with Crippen LogP contribution in [0.1, 0.15) is 5.89 Å². The molecule has 30 heavy (non-hydrogen) atoms. The van der Waals surface area contributed by atoms with Gasteiger partial charge in [0.05, 0.1) is 13.7 Å². The van der Waals surface area contributed by atoms with Gasteiger partial charge in [-0.1, -0.05) is 5.16 Å². The predicted octanol–water partition coefficient (Wildman–Crippen LogP) is 4.86. The zero-order valence-corrected chi connectivity index (χ0v) is 15.2. The topological polar surface area (TPSA) is 78.6 Å². The maximum Gasteiger partial charge on any atom is 0.573 e. The molecule has 0 radical (unpaired) electrons. The highest BCUT2D eigenvalue weighted by Gasteiger charge is 2.30. The Balaban J connectivity index is 1.64. The van der Waals surface area contributed by atoms with Crippen molar-refractivity contribution in [3.63, 3.8) is 0 Å². The molecule has 3 aromatic rings. The number of hydrogen-bond donors (Lipinski definition) is 1. The van der Waals surface area contributed by atoms with Gasteiger partial charge in [0, 0.05) is 11.3 Å². The molecule has 160 valence electrons. The highest BCUT2D eigenvalue weighted by Crippen LogP contribution is 2.32. The van der Waals surface area contributed by atoms with Crippen LogP contribution in [0.3, 0.4) is 0 Å². The van der Waals surface area contributed by atoms with Gasteiger partial charge in [0.25, 0.3) is 0 Å². The summed E-state index contributed by atoms with van der Waals surface area (Å²) in [7, 11) is 1.30. The fourth-order valence-corrected chi connectivity index (χ4v) is 2.40. The SMILES string of the molecule is COc1cc(-c2noc(CNc3ccc(OC(F)(F)F)cc3)n2)ccc1OC(F)F. The lowest BCUT2D eigenvalue weighted by atomic mass is 10.2. The fraction of sp³-hybridized carbons (Fsp3) is 0.222. The molecule has 0 amide bonds. The van der Waals surface area contributed by atoms with E-state index in [9.17, 15) is 22.0 Å². The van der Waals surface area contributed by atoms with Crippen molar-refractivity contribution in [3.05, 3.63) is 48.4 Å². The van der Waals surface area contributed by atoms with Crippen molar-refractivity contribution in [2.45, 2.75) is 19.5 Å². The summed E-state index contributed by atoms with van der Waals surface area (Å²) < 4.78 is 79.6. The summed E-state index contributed by atoms with van der Waals surface area (Å²) in [5.41, 5.74) is 0.941. The molecule has 0 aliphatic rings. The van der Waals surface area contributed by atoms with Gasteiger partial charge in [-0.05, 0) is 42.5 Å². The van der Waals surface area contributed by atoms with Crippen molar-refractivity contribution in [3.8, 4) is 28.6 Å². The molecular formula is C18H14F5N3O4. The molecule has 3 rings (SSSR count). The van der Waals surface area contributed by atoms with Crippen LogP contribution in [0, 0.1) is 0 Å². The second kappa shape index (κ2) is 8.84. The predicted molar refractivity (Wildman–Crippen MR) is 93.4 cm³/mol. The smallest absolute Gasteiger partial charge is 0.493 e.